The highest BCUT2D eigenvalue weighted by Crippen LogP contribution is 2.48. The fraction of sp³-hybridized carbons (Fsp3) is 0.700. The van der Waals surface area contributed by atoms with Crippen molar-refractivity contribution in [2.45, 2.75) is 37.9 Å². The van der Waals surface area contributed by atoms with Crippen LogP contribution in [0.1, 0.15) is 30.5 Å². The maximum absolute atomic E-state index is 11.9. The van der Waals surface area contributed by atoms with Crippen molar-refractivity contribution in [3.63, 3.8) is 0 Å². The van der Waals surface area contributed by atoms with Crippen molar-refractivity contribution in [1.29, 1.82) is 0 Å². The zero-order valence-corrected chi connectivity index (χ0v) is 9.71. The number of thiazole rings is 1. The number of aromatic nitrogens is 1. The van der Waals surface area contributed by atoms with E-state index in [4.69, 9.17) is 0 Å². The van der Waals surface area contributed by atoms with Crippen LogP contribution < -0.4 is 5.32 Å². The van der Waals surface area contributed by atoms with Crippen molar-refractivity contribution in [2.75, 3.05) is 6.54 Å². The second-order valence-corrected chi connectivity index (χ2v) is 5.28. The molecule has 1 heterocycles. The first-order valence-electron chi connectivity index (χ1n) is 5.11. The number of hydrogen-bond donors (Lipinski definition) is 1. The van der Waals surface area contributed by atoms with E-state index in [0.717, 1.165) is 17.8 Å². The van der Waals surface area contributed by atoms with Crippen LogP contribution in [0.15, 0.2) is 5.38 Å². The van der Waals surface area contributed by atoms with E-state index in [-0.39, 0.29) is 12.0 Å². The molecule has 1 aliphatic carbocycles. The molecule has 0 spiro atoms. The lowest BCUT2D eigenvalue weighted by Crippen LogP contribution is -2.28. The number of hydrogen-bond acceptors (Lipinski definition) is 3. The third-order valence-electron chi connectivity index (χ3n) is 2.70. The minimum absolute atomic E-state index is 0.187. The van der Waals surface area contributed by atoms with Gasteiger partial charge in [-0.2, -0.15) is 13.2 Å². The van der Waals surface area contributed by atoms with Crippen LogP contribution >= 0.6 is 11.3 Å². The standard InChI is InChI=1S/C10H13F3N2S/c1-9(2-3-9)8-15-7(5-16-8)4-14-6-10(11,12)13/h5,14H,2-4,6H2,1H3. The summed E-state index contributed by atoms with van der Waals surface area (Å²) in [6.07, 6.45) is -1.88. The van der Waals surface area contributed by atoms with Crippen LogP contribution in [0.2, 0.25) is 0 Å². The van der Waals surface area contributed by atoms with Crippen molar-refractivity contribution in [3.05, 3.63) is 16.1 Å². The number of alkyl halides is 3. The Hall–Kier alpha value is -0.620. The lowest BCUT2D eigenvalue weighted by Gasteiger charge is -2.06. The summed E-state index contributed by atoms with van der Waals surface area (Å²) in [5, 5.41) is 5.23. The molecule has 1 aliphatic rings. The Morgan fingerprint density at radius 2 is 2.19 bits per heavy atom. The molecular weight excluding hydrogens is 237 g/mol. The summed E-state index contributed by atoms with van der Waals surface area (Å²) in [7, 11) is 0. The summed E-state index contributed by atoms with van der Waals surface area (Å²) < 4.78 is 35.6. The minimum atomic E-state index is -4.15. The predicted octanol–water partition coefficient (Wildman–Crippen LogP) is 2.85. The van der Waals surface area contributed by atoms with Gasteiger partial charge >= 0.3 is 6.18 Å². The van der Waals surface area contributed by atoms with E-state index in [1.54, 1.807) is 11.3 Å². The van der Waals surface area contributed by atoms with Crippen molar-refractivity contribution < 1.29 is 13.2 Å². The Morgan fingerprint density at radius 3 is 2.75 bits per heavy atom. The molecule has 2 nitrogen and oxygen atoms in total. The van der Waals surface area contributed by atoms with Gasteiger partial charge in [0, 0.05) is 17.3 Å². The van der Waals surface area contributed by atoms with Gasteiger partial charge in [0.1, 0.15) is 0 Å². The van der Waals surface area contributed by atoms with Gasteiger partial charge in [0.2, 0.25) is 0 Å². The molecule has 1 saturated carbocycles. The Bertz CT molecular complexity index is 368. The van der Waals surface area contributed by atoms with E-state index in [9.17, 15) is 13.2 Å². The van der Waals surface area contributed by atoms with Crippen LogP contribution in [0.4, 0.5) is 13.2 Å². The molecule has 16 heavy (non-hydrogen) atoms. The Kier molecular flexibility index (Phi) is 2.96. The normalized spacial score (nSPS) is 18.8. The maximum atomic E-state index is 11.9. The van der Waals surface area contributed by atoms with Crippen molar-refractivity contribution in [2.24, 2.45) is 0 Å². The molecule has 1 aromatic rings. The van der Waals surface area contributed by atoms with Crippen LogP contribution in [-0.2, 0) is 12.0 Å². The first-order valence-corrected chi connectivity index (χ1v) is 5.99. The SMILES string of the molecule is CC1(c2nc(CNCC(F)(F)F)cs2)CC1. The van der Waals surface area contributed by atoms with Crippen molar-refractivity contribution >= 4 is 11.3 Å². The minimum Gasteiger partial charge on any atom is -0.303 e. The molecule has 1 aromatic heterocycles. The molecule has 90 valence electrons. The van der Waals surface area contributed by atoms with Crippen LogP contribution in [0.25, 0.3) is 0 Å². The monoisotopic (exact) mass is 250 g/mol. The molecule has 2 rings (SSSR count). The number of nitrogens with zero attached hydrogens (tertiary/aromatic N) is 1. The summed E-state index contributed by atoms with van der Waals surface area (Å²) in [5.74, 6) is 0. The molecule has 0 aliphatic heterocycles. The highest BCUT2D eigenvalue weighted by molar-refractivity contribution is 7.09. The van der Waals surface area contributed by atoms with Crippen LogP contribution in [-0.4, -0.2) is 17.7 Å². The molecule has 0 saturated heterocycles. The van der Waals surface area contributed by atoms with Gasteiger partial charge in [-0.05, 0) is 12.8 Å². The molecule has 0 aromatic carbocycles. The van der Waals surface area contributed by atoms with Crippen LogP contribution in [0.3, 0.4) is 0 Å². The number of nitrogens with one attached hydrogen (secondary N) is 1. The van der Waals surface area contributed by atoms with E-state index >= 15 is 0 Å². The third kappa shape index (κ3) is 2.95. The molecular formula is C10H13F3N2S. The second-order valence-electron chi connectivity index (χ2n) is 4.42. The Morgan fingerprint density at radius 1 is 1.50 bits per heavy atom. The first-order chi connectivity index (χ1) is 7.39. The zero-order valence-electron chi connectivity index (χ0n) is 8.90. The molecule has 0 radical (unpaired) electrons. The zero-order chi connectivity index (χ0) is 11.8. The topological polar surface area (TPSA) is 24.9 Å². The fourth-order valence-electron chi connectivity index (χ4n) is 1.40. The predicted molar refractivity (Wildman–Crippen MR) is 56.5 cm³/mol. The van der Waals surface area contributed by atoms with Gasteiger partial charge in [0.25, 0.3) is 0 Å². The van der Waals surface area contributed by atoms with Gasteiger partial charge in [0.15, 0.2) is 0 Å². The van der Waals surface area contributed by atoms with Crippen LogP contribution in [0.5, 0.6) is 0 Å². The highest BCUT2D eigenvalue weighted by atomic mass is 32.1. The summed E-state index contributed by atoms with van der Waals surface area (Å²) in [6, 6.07) is 0. The molecule has 6 heteroatoms. The van der Waals surface area contributed by atoms with Gasteiger partial charge in [-0.1, -0.05) is 6.92 Å². The van der Waals surface area contributed by atoms with Gasteiger partial charge in [-0.15, -0.1) is 11.3 Å². The van der Waals surface area contributed by atoms with Crippen LogP contribution in [0, 0.1) is 0 Å². The van der Waals surface area contributed by atoms with E-state index < -0.39 is 12.7 Å². The van der Waals surface area contributed by atoms with Gasteiger partial charge in [-0.25, -0.2) is 4.98 Å². The lowest BCUT2D eigenvalue weighted by molar-refractivity contribution is -0.125. The maximum Gasteiger partial charge on any atom is 0.401 e. The lowest BCUT2D eigenvalue weighted by atomic mass is 10.2. The average Bonchev–Trinajstić information content (AvgIpc) is 2.75. The van der Waals surface area contributed by atoms with E-state index in [1.807, 2.05) is 5.38 Å². The summed E-state index contributed by atoms with van der Waals surface area (Å²) in [6.45, 7) is 1.36. The molecule has 1 N–H and O–H groups in total. The first kappa shape index (κ1) is 11.9. The van der Waals surface area contributed by atoms with Crippen molar-refractivity contribution in [3.8, 4) is 0 Å². The van der Waals surface area contributed by atoms with Gasteiger partial charge < -0.3 is 5.32 Å². The van der Waals surface area contributed by atoms with Gasteiger partial charge in [0.05, 0.1) is 17.2 Å². The molecule has 0 atom stereocenters. The Labute approximate surface area is 95.9 Å². The highest BCUT2D eigenvalue weighted by Gasteiger charge is 2.41. The molecule has 0 amide bonds. The quantitative estimate of drug-likeness (QED) is 0.888. The fourth-order valence-corrected chi connectivity index (χ4v) is 2.44. The van der Waals surface area contributed by atoms with Crippen molar-refractivity contribution in [1.82, 2.24) is 10.3 Å². The number of rotatable bonds is 4. The molecule has 1 fully saturated rings. The second kappa shape index (κ2) is 4.00. The average molecular weight is 250 g/mol. The molecule has 0 unspecified atom stereocenters. The third-order valence-corrected chi connectivity index (χ3v) is 3.90. The van der Waals surface area contributed by atoms with E-state index in [1.165, 1.54) is 0 Å². The Balaban J connectivity index is 1.84. The van der Waals surface area contributed by atoms with E-state index in [2.05, 4.69) is 17.2 Å². The van der Waals surface area contributed by atoms with Gasteiger partial charge in [-0.3, -0.25) is 0 Å². The summed E-state index contributed by atoms with van der Waals surface area (Å²) in [5.41, 5.74) is 0.907. The molecule has 0 bridgehead atoms. The summed E-state index contributed by atoms with van der Waals surface area (Å²) >= 11 is 1.54. The summed E-state index contributed by atoms with van der Waals surface area (Å²) in [4.78, 5) is 4.35. The largest absolute Gasteiger partial charge is 0.401 e. The van der Waals surface area contributed by atoms with E-state index in [0.29, 0.717) is 5.69 Å². The number of halogens is 3. The smallest absolute Gasteiger partial charge is 0.303 e.